The van der Waals surface area contributed by atoms with Crippen LogP contribution in [0.2, 0.25) is 0 Å². The van der Waals surface area contributed by atoms with Crippen LogP contribution in [0.5, 0.6) is 5.75 Å². The van der Waals surface area contributed by atoms with Crippen LogP contribution in [0.1, 0.15) is 39.6 Å². The number of carbonyl (C=O) groups excluding carboxylic acids is 1. The molecule has 3 fully saturated rings. The van der Waals surface area contributed by atoms with Gasteiger partial charge in [-0.05, 0) is 29.7 Å². The van der Waals surface area contributed by atoms with Gasteiger partial charge in [-0.3, -0.25) is 19.3 Å². The highest BCUT2D eigenvalue weighted by molar-refractivity contribution is 7.98. The van der Waals surface area contributed by atoms with Gasteiger partial charge in [-0.1, -0.05) is 24.3 Å². The second kappa shape index (κ2) is 7.55. The van der Waals surface area contributed by atoms with Crippen molar-refractivity contribution in [3.05, 3.63) is 92.9 Å². The second-order valence-corrected chi connectivity index (χ2v) is 10.8. The van der Waals surface area contributed by atoms with Crippen LogP contribution in [-0.4, -0.2) is 39.5 Å². The van der Waals surface area contributed by atoms with E-state index in [4.69, 9.17) is 0 Å². The zero-order chi connectivity index (χ0) is 24.9. The summed E-state index contributed by atoms with van der Waals surface area (Å²) in [4.78, 5) is 28.2. The molecule has 3 aliphatic carbocycles. The zero-order valence-corrected chi connectivity index (χ0v) is 19.6. The molecule has 6 nitrogen and oxygen atoms in total. The maximum atomic E-state index is 15.1. The van der Waals surface area contributed by atoms with Crippen molar-refractivity contribution in [3.63, 3.8) is 0 Å². The van der Waals surface area contributed by atoms with Gasteiger partial charge in [0.2, 0.25) is 5.43 Å². The zero-order valence-electron chi connectivity index (χ0n) is 18.8. The molecule has 1 N–H and O–H groups in total. The fourth-order valence-corrected chi connectivity index (χ4v) is 7.18. The van der Waals surface area contributed by atoms with Crippen LogP contribution in [0.25, 0.3) is 0 Å². The molecule has 3 aromatic rings. The number of carbonyl (C=O) groups is 1. The number of nitrogens with zero attached hydrogens (tertiary/aromatic N) is 3. The normalized spacial score (nSPS) is 27.9. The topological polar surface area (TPSA) is 65.8 Å². The minimum Gasteiger partial charge on any atom is -0.502 e. The summed E-state index contributed by atoms with van der Waals surface area (Å²) in [6.07, 6.45) is 1.14. The summed E-state index contributed by atoms with van der Waals surface area (Å²) in [5, 5.41) is 12.4. The van der Waals surface area contributed by atoms with Gasteiger partial charge in [-0.25, -0.2) is 13.2 Å². The molecule has 2 aromatic carbocycles. The highest BCUT2D eigenvalue weighted by Gasteiger charge is 2.66. The molecule has 1 amide bonds. The number of hydrogen-bond acceptors (Lipinski definition) is 5. The standard InChI is InChI=1S/C26H20F3N3O3S/c27-17-6-5-12-16(21(17)29)10-36-19-4-2-1-3-13(19)23(12)32-11-30(22-14-9-15(22)20(14)28)26(35)24-25(34)18(33)7-8-31(24)32/h1-8,14-15,20,22-23,34H,9-11H2/t14?,15?,20?,22?,23-/m0/s1. The molecule has 2 unspecified atom stereocenters. The molecular formula is C26H20F3N3O3S. The number of thioether (sulfide) groups is 1. The number of hydrogen-bond donors (Lipinski definition) is 1. The molecule has 3 saturated carbocycles. The average Bonchev–Trinajstić information content (AvgIpc) is 3.01. The predicted octanol–water partition coefficient (Wildman–Crippen LogP) is 3.94. The van der Waals surface area contributed by atoms with Crippen LogP contribution < -0.4 is 10.4 Å². The third-order valence-electron chi connectivity index (χ3n) is 8.10. The van der Waals surface area contributed by atoms with Crippen LogP contribution in [0.15, 0.2) is 58.4 Å². The predicted molar refractivity (Wildman–Crippen MR) is 126 cm³/mol. The number of benzene rings is 2. The third-order valence-corrected chi connectivity index (χ3v) is 9.22. The Morgan fingerprint density at radius 1 is 1.00 bits per heavy atom. The van der Waals surface area contributed by atoms with E-state index in [0.717, 1.165) is 22.6 Å². The molecule has 36 heavy (non-hydrogen) atoms. The van der Waals surface area contributed by atoms with Crippen LogP contribution >= 0.6 is 11.8 Å². The summed E-state index contributed by atoms with van der Waals surface area (Å²) in [6, 6.07) is 10.3. The maximum Gasteiger partial charge on any atom is 0.278 e. The monoisotopic (exact) mass is 511 g/mol. The van der Waals surface area contributed by atoms with Crippen molar-refractivity contribution in [2.45, 2.75) is 35.3 Å². The SMILES string of the molecule is O=C1c2c(O)c(=O)ccn2N([C@@H]2c3ccccc3SCc3c2ccc(F)c3F)CN1C1C2CC1C2F. The molecule has 184 valence electrons. The Hall–Kier alpha value is -3.40. The first-order chi connectivity index (χ1) is 17.4. The average molecular weight is 512 g/mol. The molecule has 3 atom stereocenters. The first kappa shape index (κ1) is 21.8. The first-order valence-corrected chi connectivity index (χ1v) is 12.7. The summed E-state index contributed by atoms with van der Waals surface area (Å²) in [7, 11) is 0. The molecule has 3 heterocycles. The van der Waals surface area contributed by atoms with E-state index < -0.39 is 40.9 Å². The number of pyridine rings is 1. The Balaban J connectivity index is 1.46. The molecule has 2 aliphatic heterocycles. The highest BCUT2D eigenvalue weighted by Crippen LogP contribution is 2.58. The van der Waals surface area contributed by atoms with E-state index in [1.54, 1.807) is 11.1 Å². The van der Waals surface area contributed by atoms with E-state index in [-0.39, 0.29) is 41.6 Å². The van der Waals surface area contributed by atoms with Gasteiger partial charge < -0.3 is 10.0 Å². The van der Waals surface area contributed by atoms with Crippen LogP contribution in [0, 0.1) is 23.5 Å². The second-order valence-electron chi connectivity index (χ2n) is 9.73. The number of alkyl halides is 1. The first-order valence-electron chi connectivity index (χ1n) is 11.7. The lowest BCUT2D eigenvalue weighted by Gasteiger charge is -2.65. The summed E-state index contributed by atoms with van der Waals surface area (Å²) in [5.74, 6) is -3.45. The summed E-state index contributed by atoms with van der Waals surface area (Å²) >= 11 is 1.39. The fourth-order valence-electron chi connectivity index (χ4n) is 6.07. The fraction of sp³-hybridized carbons (Fsp3) is 0.308. The molecule has 0 saturated heterocycles. The van der Waals surface area contributed by atoms with Gasteiger partial charge in [0.15, 0.2) is 23.1 Å². The molecule has 1 aromatic heterocycles. The Morgan fingerprint density at radius 3 is 2.53 bits per heavy atom. The van der Waals surface area contributed by atoms with E-state index in [2.05, 4.69) is 0 Å². The van der Waals surface area contributed by atoms with Gasteiger partial charge in [0.05, 0.1) is 6.04 Å². The number of aromatic nitrogens is 1. The summed E-state index contributed by atoms with van der Waals surface area (Å²) in [6.45, 7) is 0.0284. The van der Waals surface area contributed by atoms with Crippen molar-refractivity contribution >= 4 is 17.7 Å². The smallest absolute Gasteiger partial charge is 0.278 e. The minimum absolute atomic E-state index is 0.0284. The Labute approximate surface area is 207 Å². The van der Waals surface area contributed by atoms with Gasteiger partial charge in [-0.15, -0.1) is 11.8 Å². The maximum absolute atomic E-state index is 15.1. The lowest BCUT2D eigenvalue weighted by atomic mass is 9.49. The van der Waals surface area contributed by atoms with Crippen molar-refractivity contribution in [2.24, 2.45) is 11.8 Å². The molecule has 2 bridgehead atoms. The molecule has 0 spiro atoms. The highest BCUT2D eigenvalue weighted by atomic mass is 32.2. The van der Waals surface area contributed by atoms with Gasteiger partial charge in [0.25, 0.3) is 5.91 Å². The number of aromatic hydroxyl groups is 1. The molecule has 8 rings (SSSR count). The van der Waals surface area contributed by atoms with Crippen LogP contribution in [0.4, 0.5) is 13.2 Å². The van der Waals surface area contributed by atoms with E-state index in [0.29, 0.717) is 12.0 Å². The van der Waals surface area contributed by atoms with Crippen molar-refractivity contribution in [2.75, 3.05) is 11.7 Å². The minimum atomic E-state index is -0.961. The van der Waals surface area contributed by atoms with Crippen molar-refractivity contribution in [1.82, 2.24) is 9.58 Å². The number of amides is 1. The Kier molecular flexibility index (Phi) is 4.58. The van der Waals surface area contributed by atoms with E-state index in [1.807, 2.05) is 24.3 Å². The van der Waals surface area contributed by atoms with Crippen molar-refractivity contribution < 1.29 is 23.1 Å². The Bertz CT molecular complexity index is 1500. The molecule has 10 heteroatoms. The lowest BCUT2D eigenvalue weighted by Crippen LogP contribution is -2.75. The van der Waals surface area contributed by atoms with E-state index in [1.165, 1.54) is 27.5 Å². The quantitative estimate of drug-likeness (QED) is 0.565. The van der Waals surface area contributed by atoms with Crippen LogP contribution in [-0.2, 0) is 5.75 Å². The number of halogens is 3. The van der Waals surface area contributed by atoms with Gasteiger partial charge in [-0.2, -0.15) is 0 Å². The molecular weight excluding hydrogens is 491 g/mol. The van der Waals surface area contributed by atoms with E-state index >= 15 is 4.39 Å². The van der Waals surface area contributed by atoms with Crippen molar-refractivity contribution in [3.8, 4) is 5.75 Å². The largest absolute Gasteiger partial charge is 0.502 e. The molecule has 0 radical (unpaired) electrons. The van der Waals surface area contributed by atoms with Crippen LogP contribution in [0.3, 0.4) is 0 Å². The summed E-state index contributed by atoms with van der Waals surface area (Å²) in [5.41, 5.74) is 0.629. The van der Waals surface area contributed by atoms with Gasteiger partial charge >= 0.3 is 0 Å². The van der Waals surface area contributed by atoms with Gasteiger partial charge in [0.1, 0.15) is 12.8 Å². The Morgan fingerprint density at radius 2 is 1.78 bits per heavy atom. The third kappa shape index (κ3) is 2.76. The lowest BCUT2D eigenvalue weighted by molar-refractivity contribution is -0.178. The number of rotatable bonds is 2. The van der Waals surface area contributed by atoms with Crippen molar-refractivity contribution in [1.29, 1.82) is 0 Å². The van der Waals surface area contributed by atoms with E-state index in [9.17, 15) is 23.5 Å². The van der Waals surface area contributed by atoms with Gasteiger partial charge in [0, 0.05) is 46.4 Å². The summed E-state index contributed by atoms with van der Waals surface area (Å²) < 4.78 is 44.9. The number of fused-ring (bicyclic) bond motifs is 3. The molecule has 5 aliphatic rings.